The highest BCUT2D eigenvalue weighted by Crippen LogP contribution is 2.27. The fraction of sp³-hybridized carbons (Fsp3) is 0.692. The molecule has 4 nitrogen and oxygen atoms in total. The van der Waals surface area contributed by atoms with Gasteiger partial charge in [-0.15, -0.1) is 0 Å². The average Bonchev–Trinajstić information content (AvgIpc) is 2.73. The van der Waals surface area contributed by atoms with Gasteiger partial charge in [-0.1, -0.05) is 38.5 Å². The molecule has 18 heavy (non-hydrogen) atoms. The third-order valence-electron chi connectivity index (χ3n) is 2.62. The van der Waals surface area contributed by atoms with Gasteiger partial charge in [0.2, 0.25) is 0 Å². The van der Waals surface area contributed by atoms with Crippen LogP contribution in [0.2, 0.25) is 0 Å². The molecule has 0 radical (unpaired) electrons. The summed E-state index contributed by atoms with van der Waals surface area (Å²) >= 11 is 1.31. The van der Waals surface area contributed by atoms with E-state index in [0.29, 0.717) is 4.88 Å². The van der Waals surface area contributed by atoms with Gasteiger partial charge in [-0.2, -0.15) is 0 Å². The lowest BCUT2D eigenvalue weighted by Crippen LogP contribution is -2.24. The predicted octanol–water partition coefficient (Wildman–Crippen LogP) is 3.42. The van der Waals surface area contributed by atoms with Crippen molar-refractivity contribution in [3.63, 3.8) is 0 Å². The van der Waals surface area contributed by atoms with Gasteiger partial charge in [0.05, 0.1) is 5.69 Å². The summed E-state index contributed by atoms with van der Waals surface area (Å²) in [6.45, 7) is 8.17. The minimum absolute atomic E-state index is 0.407. The number of hydrogen-bond donors (Lipinski definition) is 1. The summed E-state index contributed by atoms with van der Waals surface area (Å²) in [5.41, 5.74) is 0.738. The molecule has 102 valence electrons. The molecule has 1 heterocycles. The van der Waals surface area contributed by atoms with Crippen LogP contribution in [0, 0.1) is 0 Å². The van der Waals surface area contributed by atoms with Gasteiger partial charge < -0.3 is 10.0 Å². The third kappa shape index (κ3) is 3.70. The van der Waals surface area contributed by atoms with Gasteiger partial charge in [-0.05, 0) is 19.3 Å². The topological polar surface area (TPSA) is 53.4 Å². The first-order valence-electron chi connectivity index (χ1n) is 6.61. The predicted molar refractivity (Wildman–Crippen MR) is 75.9 cm³/mol. The fourth-order valence-electron chi connectivity index (χ4n) is 1.89. The summed E-state index contributed by atoms with van der Waals surface area (Å²) in [6, 6.07) is 0. The monoisotopic (exact) mass is 270 g/mol. The van der Waals surface area contributed by atoms with Crippen molar-refractivity contribution in [1.82, 2.24) is 4.98 Å². The number of thiazole rings is 1. The molecular formula is C13H22N2O2S. The summed E-state index contributed by atoms with van der Waals surface area (Å²) in [4.78, 5) is 18.3. The maximum absolute atomic E-state index is 11.2. The molecule has 0 aliphatic heterocycles. The van der Waals surface area contributed by atoms with Crippen molar-refractivity contribution in [3.8, 4) is 0 Å². The molecule has 0 aromatic carbocycles. The van der Waals surface area contributed by atoms with Gasteiger partial charge in [0.1, 0.15) is 4.88 Å². The molecule has 0 bridgehead atoms. The molecule has 0 unspecified atom stereocenters. The quantitative estimate of drug-likeness (QED) is 0.786. The molecule has 0 saturated carbocycles. The summed E-state index contributed by atoms with van der Waals surface area (Å²) in [5, 5.41) is 10.1. The highest BCUT2D eigenvalue weighted by molar-refractivity contribution is 7.17. The standard InChI is InChI=1S/C13H22N2O2S/c1-4-7-10-11(12(16)17)18-13(14-10)15(8-5-2)9-6-3/h4-9H2,1-3H3,(H,16,17). The van der Waals surface area contributed by atoms with Crippen LogP contribution >= 0.6 is 11.3 Å². The van der Waals surface area contributed by atoms with E-state index in [1.807, 2.05) is 6.92 Å². The number of carboxylic acids is 1. The second-order valence-corrected chi connectivity index (χ2v) is 5.29. The van der Waals surface area contributed by atoms with E-state index in [4.69, 9.17) is 0 Å². The Labute approximate surface area is 113 Å². The van der Waals surface area contributed by atoms with Crippen molar-refractivity contribution >= 4 is 22.4 Å². The molecule has 5 heteroatoms. The number of rotatable bonds is 8. The van der Waals surface area contributed by atoms with Crippen LogP contribution in [0.3, 0.4) is 0 Å². The Bertz CT molecular complexity index is 384. The Hall–Kier alpha value is -1.10. The van der Waals surface area contributed by atoms with Crippen molar-refractivity contribution in [2.75, 3.05) is 18.0 Å². The molecule has 0 amide bonds. The zero-order valence-corrected chi connectivity index (χ0v) is 12.2. The Morgan fingerprint density at radius 2 is 1.83 bits per heavy atom. The van der Waals surface area contributed by atoms with E-state index in [9.17, 15) is 9.90 Å². The lowest BCUT2D eigenvalue weighted by molar-refractivity contribution is 0.0700. The second-order valence-electron chi connectivity index (χ2n) is 4.31. The van der Waals surface area contributed by atoms with Crippen molar-refractivity contribution in [1.29, 1.82) is 0 Å². The molecule has 0 saturated heterocycles. The summed E-state index contributed by atoms with van der Waals surface area (Å²) < 4.78 is 0. The number of anilines is 1. The largest absolute Gasteiger partial charge is 0.477 e. The smallest absolute Gasteiger partial charge is 0.347 e. The average molecular weight is 270 g/mol. The third-order valence-corrected chi connectivity index (χ3v) is 3.77. The van der Waals surface area contributed by atoms with Crippen LogP contribution in [0.25, 0.3) is 0 Å². The van der Waals surface area contributed by atoms with E-state index in [0.717, 1.165) is 49.6 Å². The van der Waals surface area contributed by atoms with Crippen LogP contribution in [0.15, 0.2) is 0 Å². The number of nitrogens with zero attached hydrogens (tertiary/aromatic N) is 2. The van der Waals surface area contributed by atoms with Crippen LogP contribution in [0.1, 0.15) is 55.4 Å². The molecule has 0 spiro atoms. The number of aromatic carboxylic acids is 1. The van der Waals surface area contributed by atoms with E-state index < -0.39 is 5.97 Å². The molecule has 1 aromatic heterocycles. The van der Waals surface area contributed by atoms with E-state index in [-0.39, 0.29) is 0 Å². The van der Waals surface area contributed by atoms with Gasteiger partial charge in [0, 0.05) is 13.1 Å². The first kappa shape index (κ1) is 15.0. The Morgan fingerprint density at radius 1 is 1.22 bits per heavy atom. The number of carbonyl (C=O) groups is 1. The molecule has 1 rings (SSSR count). The molecular weight excluding hydrogens is 248 g/mol. The Balaban J connectivity index is 2.99. The molecule has 0 aliphatic rings. The molecule has 0 aliphatic carbocycles. The minimum Gasteiger partial charge on any atom is -0.477 e. The highest BCUT2D eigenvalue weighted by Gasteiger charge is 2.19. The maximum Gasteiger partial charge on any atom is 0.347 e. The van der Waals surface area contributed by atoms with Crippen molar-refractivity contribution in [2.45, 2.75) is 46.5 Å². The van der Waals surface area contributed by atoms with Crippen LogP contribution in [0.4, 0.5) is 5.13 Å². The normalized spacial score (nSPS) is 10.6. The van der Waals surface area contributed by atoms with Crippen molar-refractivity contribution in [3.05, 3.63) is 10.6 Å². The van der Waals surface area contributed by atoms with Gasteiger partial charge in [0.25, 0.3) is 0 Å². The summed E-state index contributed by atoms with van der Waals surface area (Å²) in [7, 11) is 0. The number of carboxylic acid groups (broad SMARTS) is 1. The first-order valence-corrected chi connectivity index (χ1v) is 7.43. The van der Waals surface area contributed by atoms with Crippen LogP contribution in [-0.2, 0) is 6.42 Å². The highest BCUT2D eigenvalue weighted by atomic mass is 32.1. The van der Waals surface area contributed by atoms with Gasteiger partial charge in [-0.3, -0.25) is 0 Å². The van der Waals surface area contributed by atoms with Crippen molar-refractivity contribution < 1.29 is 9.90 Å². The van der Waals surface area contributed by atoms with E-state index in [1.54, 1.807) is 0 Å². The molecule has 1 N–H and O–H groups in total. The van der Waals surface area contributed by atoms with Gasteiger partial charge in [-0.25, -0.2) is 9.78 Å². The Morgan fingerprint density at radius 3 is 2.28 bits per heavy atom. The SMILES string of the molecule is CCCc1nc(N(CCC)CCC)sc1C(=O)O. The van der Waals surface area contributed by atoms with E-state index in [1.165, 1.54) is 11.3 Å². The zero-order chi connectivity index (χ0) is 13.5. The molecule has 0 fully saturated rings. The lowest BCUT2D eigenvalue weighted by Gasteiger charge is -2.19. The molecule has 1 aromatic rings. The van der Waals surface area contributed by atoms with Crippen LogP contribution in [-0.4, -0.2) is 29.1 Å². The van der Waals surface area contributed by atoms with Crippen molar-refractivity contribution in [2.24, 2.45) is 0 Å². The van der Waals surface area contributed by atoms with Gasteiger partial charge >= 0.3 is 5.97 Å². The summed E-state index contributed by atoms with van der Waals surface area (Å²) in [6.07, 6.45) is 3.76. The number of aryl methyl sites for hydroxylation is 1. The van der Waals surface area contributed by atoms with Crippen LogP contribution < -0.4 is 4.90 Å². The van der Waals surface area contributed by atoms with Crippen LogP contribution in [0.5, 0.6) is 0 Å². The first-order chi connectivity index (χ1) is 8.63. The minimum atomic E-state index is -0.852. The fourth-order valence-corrected chi connectivity index (χ4v) is 2.89. The number of aromatic nitrogens is 1. The number of hydrogen-bond acceptors (Lipinski definition) is 4. The van der Waals surface area contributed by atoms with E-state index in [2.05, 4.69) is 23.7 Å². The van der Waals surface area contributed by atoms with Gasteiger partial charge in [0.15, 0.2) is 5.13 Å². The maximum atomic E-state index is 11.2. The second kappa shape index (κ2) is 7.36. The van der Waals surface area contributed by atoms with E-state index >= 15 is 0 Å². The zero-order valence-electron chi connectivity index (χ0n) is 11.4. The summed E-state index contributed by atoms with van der Waals surface area (Å²) in [5.74, 6) is -0.852. The molecule has 0 atom stereocenters. The Kier molecular flexibility index (Phi) is 6.12. The lowest BCUT2D eigenvalue weighted by atomic mass is 10.2.